The van der Waals surface area contributed by atoms with Gasteiger partial charge in [-0.25, -0.2) is 9.78 Å². The summed E-state index contributed by atoms with van der Waals surface area (Å²) in [4.78, 5) is 15.4. The number of ether oxygens (including phenoxy) is 1. The Bertz CT molecular complexity index is 689. The highest BCUT2D eigenvalue weighted by molar-refractivity contribution is 6.46. The van der Waals surface area contributed by atoms with E-state index in [4.69, 9.17) is 39.5 Å². The molecule has 1 aromatic heterocycles. The average Bonchev–Trinajstić information content (AvgIpc) is 2.43. The van der Waals surface area contributed by atoms with Gasteiger partial charge >= 0.3 is 5.97 Å². The van der Waals surface area contributed by atoms with Crippen LogP contribution in [0.15, 0.2) is 24.4 Å². The normalized spacial score (nSPS) is 10.4. The summed E-state index contributed by atoms with van der Waals surface area (Å²) in [6.07, 6.45) is 1.33. The third-order valence-corrected chi connectivity index (χ3v) is 3.75. The number of nitrogens with zero attached hydrogens (tertiary/aromatic N) is 1. The molecule has 1 N–H and O–H groups in total. The molecule has 0 fully saturated rings. The lowest BCUT2D eigenvalue weighted by Gasteiger charge is -2.14. The third kappa shape index (κ3) is 2.54. The molecule has 0 aliphatic heterocycles. The summed E-state index contributed by atoms with van der Waals surface area (Å²) in [5.41, 5.74) is 0.450. The van der Waals surface area contributed by atoms with Gasteiger partial charge in [0.15, 0.2) is 0 Å². The van der Waals surface area contributed by atoms with Crippen molar-refractivity contribution in [1.82, 2.24) is 4.98 Å². The van der Waals surface area contributed by atoms with Gasteiger partial charge in [0.1, 0.15) is 0 Å². The Morgan fingerprint density at radius 2 is 1.80 bits per heavy atom. The molecule has 0 saturated carbocycles. The molecule has 2 rings (SSSR count). The zero-order valence-electron chi connectivity index (χ0n) is 10.2. The van der Waals surface area contributed by atoms with Gasteiger partial charge in [-0.05, 0) is 18.2 Å². The Hall–Kier alpha value is -1.49. The smallest absolute Gasteiger partial charge is 0.336 e. The van der Waals surface area contributed by atoms with Gasteiger partial charge in [-0.2, -0.15) is 0 Å². The number of benzene rings is 1. The fraction of sp³-hybridized carbons (Fsp3) is 0.0769. The highest BCUT2D eigenvalue weighted by Gasteiger charge is 2.23. The van der Waals surface area contributed by atoms with Crippen LogP contribution >= 0.6 is 34.8 Å². The van der Waals surface area contributed by atoms with Crippen LogP contribution in [0.1, 0.15) is 10.4 Å². The van der Waals surface area contributed by atoms with Crippen LogP contribution in [0.5, 0.6) is 5.88 Å². The van der Waals surface area contributed by atoms with E-state index in [9.17, 15) is 9.90 Å². The van der Waals surface area contributed by atoms with Crippen LogP contribution in [0.2, 0.25) is 15.1 Å². The lowest BCUT2D eigenvalue weighted by atomic mass is 10.0. The van der Waals surface area contributed by atoms with Crippen LogP contribution in [0.25, 0.3) is 11.1 Å². The van der Waals surface area contributed by atoms with Gasteiger partial charge < -0.3 is 9.84 Å². The second kappa shape index (κ2) is 5.87. The van der Waals surface area contributed by atoms with Gasteiger partial charge in [0.05, 0.1) is 33.3 Å². The van der Waals surface area contributed by atoms with Crippen molar-refractivity contribution in [3.05, 3.63) is 45.0 Å². The number of hydrogen-bond acceptors (Lipinski definition) is 3. The highest BCUT2D eigenvalue weighted by atomic mass is 35.5. The standard InChI is InChI=1S/C13H8Cl3NO3/c1-20-12-9(6(13(18)19)4-5-17-12)10-7(14)2-3-8(15)11(10)16/h2-5H,1H3,(H,18,19). The summed E-state index contributed by atoms with van der Waals surface area (Å²) >= 11 is 18.2. The van der Waals surface area contributed by atoms with Gasteiger partial charge in [0.25, 0.3) is 0 Å². The van der Waals surface area contributed by atoms with Gasteiger partial charge in [-0.3, -0.25) is 0 Å². The minimum atomic E-state index is -1.15. The summed E-state index contributed by atoms with van der Waals surface area (Å²) in [5, 5.41) is 9.96. The minimum absolute atomic E-state index is 0.0251. The molecular formula is C13H8Cl3NO3. The molecule has 7 heteroatoms. The first-order chi connectivity index (χ1) is 9.47. The Morgan fingerprint density at radius 3 is 2.40 bits per heavy atom. The van der Waals surface area contributed by atoms with E-state index >= 15 is 0 Å². The molecule has 0 unspecified atom stereocenters. The molecule has 0 aliphatic carbocycles. The van der Waals surface area contributed by atoms with Gasteiger partial charge in [0.2, 0.25) is 5.88 Å². The van der Waals surface area contributed by atoms with E-state index in [1.54, 1.807) is 0 Å². The number of carboxylic acids is 1. The van der Waals surface area contributed by atoms with Gasteiger partial charge in [-0.15, -0.1) is 0 Å². The van der Waals surface area contributed by atoms with E-state index in [-0.39, 0.29) is 37.6 Å². The van der Waals surface area contributed by atoms with E-state index in [0.717, 1.165) is 0 Å². The van der Waals surface area contributed by atoms with Crippen molar-refractivity contribution in [3.63, 3.8) is 0 Å². The van der Waals surface area contributed by atoms with Gasteiger partial charge in [0, 0.05) is 11.8 Å². The van der Waals surface area contributed by atoms with Crippen LogP contribution in [-0.2, 0) is 0 Å². The Labute approximate surface area is 129 Å². The summed E-state index contributed by atoms with van der Waals surface area (Å²) in [5.74, 6) is -1.04. The molecule has 0 radical (unpaired) electrons. The zero-order chi connectivity index (χ0) is 14.9. The first-order valence-electron chi connectivity index (χ1n) is 5.37. The summed E-state index contributed by atoms with van der Waals surface area (Å²) < 4.78 is 5.11. The molecule has 1 aromatic carbocycles. The zero-order valence-corrected chi connectivity index (χ0v) is 12.4. The highest BCUT2D eigenvalue weighted by Crippen LogP contribution is 2.43. The number of hydrogen-bond donors (Lipinski definition) is 1. The number of halogens is 3. The molecular weight excluding hydrogens is 325 g/mol. The molecule has 2 aromatic rings. The molecule has 0 bridgehead atoms. The number of methoxy groups -OCH3 is 1. The first kappa shape index (κ1) is 14.9. The van der Waals surface area contributed by atoms with E-state index in [1.807, 2.05) is 0 Å². The molecule has 4 nitrogen and oxygen atoms in total. The van der Waals surface area contributed by atoms with Crippen LogP contribution < -0.4 is 4.74 Å². The van der Waals surface area contributed by atoms with Crippen molar-refractivity contribution >= 4 is 40.8 Å². The quantitative estimate of drug-likeness (QED) is 0.845. The number of aromatic nitrogens is 1. The molecule has 1 heterocycles. The van der Waals surface area contributed by atoms with E-state index in [0.29, 0.717) is 0 Å². The fourth-order valence-corrected chi connectivity index (χ4v) is 2.49. The van der Waals surface area contributed by atoms with Gasteiger partial charge in [-0.1, -0.05) is 34.8 Å². The van der Waals surface area contributed by atoms with Crippen LogP contribution in [0.4, 0.5) is 0 Å². The Kier molecular flexibility index (Phi) is 4.38. The van der Waals surface area contributed by atoms with Crippen molar-refractivity contribution in [1.29, 1.82) is 0 Å². The largest absolute Gasteiger partial charge is 0.481 e. The number of rotatable bonds is 3. The summed E-state index contributed by atoms with van der Waals surface area (Å²) in [6, 6.07) is 4.40. The van der Waals surface area contributed by atoms with Crippen molar-refractivity contribution < 1.29 is 14.6 Å². The van der Waals surface area contributed by atoms with E-state index in [1.165, 1.54) is 31.5 Å². The molecule has 0 spiro atoms. The van der Waals surface area contributed by atoms with E-state index < -0.39 is 5.97 Å². The lowest BCUT2D eigenvalue weighted by molar-refractivity contribution is 0.0697. The predicted molar refractivity (Wildman–Crippen MR) is 78.2 cm³/mol. The van der Waals surface area contributed by atoms with Crippen molar-refractivity contribution in [2.75, 3.05) is 7.11 Å². The number of pyridine rings is 1. The predicted octanol–water partition coefficient (Wildman–Crippen LogP) is 4.42. The van der Waals surface area contributed by atoms with Crippen LogP contribution in [0, 0.1) is 0 Å². The maximum Gasteiger partial charge on any atom is 0.336 e. The molecule has 0 amide bonds. The van der Waals surface area contributed by atoms with Crippen molar-refractivity contribution in [3.8, 4) is 17.0 Å². The maximum atomic E-state index is 11.4. The Balaban J connectivity index is 2.88. The number of carbonyl (C=O) groups is 1. The monoisotopic (exact) mass is 331 g/mol. The van der Waals surface area contributed by atoms with E-state index in [2.05, 4.69) is 4.98 Å². The second-order valence-corrected chi connectivity index (χ2v) is 4.96. The molecule has 0 atom stereocenters. The molecule has 0 aliphatic rings. The molecule has 20 heavy (non-hydrogen) atoms. The second-order valence-electron chi connectivity index (χ2n) is 3.77. The first-order valence-corrected chi connectivity index (χ1v) is 6.51. The summed E-state index contributed by atoms with van der Waals surface area (Å²) in [6.45, 7) is 0. The summed E-state index contributed by atoms with van der Waals surface area (Å²) in [7, 11) is 1.38. The average molecular weight is 333 g/mol. The number of aromatic carboxylic acids is 1. The van der Waals surface area contributed by atoms with Crippen molar-refractivity contribution in [2.24, 2.45) is 0 Å². The van der Waals surface area contributed by atoms with Crippen LogP contribution in [-0.4, -0.2) is 23.2 Å². The minimum Gasteiger partial charge on any atom is -0.481 e. The fourth-order valence-electron chi connectivity index (χ4n) is 1.77. The topological polar surface area (TPSA) is 59.4 Å². The third-order valence-electron chi connectivity index (χ3n) is 2.63. The van der Waals surface area contributed by atoms with Crippen LogP contribution in [0.3, 0.4) is 0 Å². The molecule has 104 valence electrons. The molecule has 0 saturated heterocycles. The van der Waals surface area contributed by atoms with Crippen molar-refractivity contribution in [2.45, 2.75) is 0 Å². The maximum absolute atomic E-state index is 11.4. The lowest BCUT2D eigenvalue weighted by Crippen LogP contribution is -2.04. The SMILES string of the molecule is COc1nccc(C(=O)O)c1-c1c(Cl)ccc(Cl)c1Cl. The Morgan fingerprint density at radius 1 is 1.15 bits per heavy atom. The number of carboxylic acid groups (broad SMARTS) is 1.